The minimum atomic E-state index is -0.487. The van der Waals surface area contributed by atoms with Crippen LogP contribution in [0.5, 0.6) is 11.6 Å². The smallest absolute Gasteiger partial charge is 0.410 e. The summed E-state index contributed by atoms with van der Waals surface area (Å²) in [6.07, 6.45) is 8.46. The van der Waals surface area contributed by atoms with Crippen LogP contribution >= 0.6 is 15.9 Å². The Labute approximate surface area is 177 Å². The first kappa shape index (κ1) is 19.9. The van der Waals surface area contributed by atoms with Gasteiger partial charge in [-0.3, -0.25) is 4.68 Å². The van der Waals surface area contributed by atoms with Crippen molar-refractivity contribution >= 4 is 27.8 Å². The van der Waals surface area contributed by atoms with Crippen molar-refractivity contribution in [1.29, 1.82) is 0 Å². The zero-order valence-electron chi connectivity index (χ0n) is 16.7. The van der Waals surface area contributed by atoms with Crippen molar-refractivity contribution in [2.75, 3.05) is 5.73 Å². The van der Waals surface area contributed by atoms with Crippen LogP contribution in [0.3, 0.4) is 0 Å². The van der Waals surface area contributed by atoms with Crippen LogP contribution in [0.1, 0.15) is 52.5 Å². The van der Waals surface area contributed by atoms with Crippen molar-refractivity contribution < 1.29 is 14.3 Å². The van der Waals surface area contributed by atoms with E-state index in [1.54, 1.807) is 6.20 Å². The van der Waals surface area contributed by atoms with E-state index in [1.165, 1.54) is 6.20 Å². The highest BCUT2D eigenvalue weighted by Gasteiger charge is 2.45. The lowest BCUT2D eigenvalue weighted by molar-refractivity contribution is 0.00230. The summed E-state index contributed by atoms with van der Waals surface area (Å²) in [5.41, 5.74) is 5.34. The van der Waals surface area contributed by atoms with Crippen molar-refractivity contribution in [2.24, 2.45) is 0 Å². The summed E-state index contributed by atoms with van der Waals surface area (Å²) in [5.74, 6) is 0.995. The molecule has 10 heteroatoms. The molecular formula is C19H25BrN6O3. The summed E-state index contributed by atoms with van der Waals surface area (Å²) >= 11 is 3.26. The molecule has 0 aromatic carbocycles. The number of hydrogen-bond donors (Lipinski definition) is 1. The van der Waals surface area contributed by atoms with Crippen molar-refractivity contribution in [3.05, 3.63) is 23.2 Å². The fourth-order valence-electron chi connectivity index (χ4n) is 4.10. The van der Waals surface area contributed by atoms with Gasteiger partial charge in [-0.05, 0) is 62.4 Å². The maximum Gasteiger partial charge on any atom is 0.410 e. The van der Waals surface area contributed by atoms with Crippen molar-refractivity contribution in [2.45, 2.75) is 70.2 Å². The molecule has 1 amide bonds. The molecule has 156 valence electrons. The van der Waals surface area contributed by atoms with Gasteiger partial charge in [0, 0.05) is 12.1 Å². The van der Waals surface area contributed by atoms with E-state index in [9.17, 15) is 4.79 Å². The average molecular weight is 465 g/mol. The van der Waals surface area contributed by atoms with Gasteiger partial charge in [0.1, 0.15) is 10.2 Å². The molecule has 0 radical (unpaired) electrons. The van der Waals surface area contributed by atoms with Gasteiger partial charge in [-0.15, -0.1) is 0 Å². The second-order valence-corrected chi connectivity index (χ2v) is 9.35. The summed E-state index contributed by atoms with van der Waals surface area (Å²) in [5, 5.41) is 4.47. The summed E-state index contributed by atoms with van der Waals surface area (Å²) < 4.78 is 13.8. The van der Waals surface area contributed by atoms with Gasteiger partial charge in [-0.25, -0.2) is 14.8 Å². The highest BCUT2D eigenvalue weighted by Crippen LogP contribution is 2.41. The minimum Gasteiger partial charge on any atom is -0.444 e. The Morgan fingerprint density at radius 1 is 1.21 bits per heavy atom. The van der Waals surface area contributed by atoms with Gasteiger partial charge >= 0.3 is 6.09 Å². The Bertz CT molecular complexity index is 898. The van der Waals surface area contributed by atoms with Crippen LogP contribution in [-0.2, 0) is 4.74 Å². The first-order chi connectivity index (χ1) is 13.7. The van der Waals surface area contributed by atoms with E-state index in [0.29, 0.717) is 10.4 Å². The van der Waals surface area contributed by atoms with E-state index in [1.807, 2.05) is 36.5 Å². The normalized spacial score (nSPS) is 23.9. The van der Waals surface area contributed by atoms with E-state index in [0.717, 1.165) is 25.7 Å². The lowest BCUT2D eigenvalue weighted by Gasteiger charge is -2.39. The number of hydrogen-bond acceptors (Lipinski definition) is 7. The summed E-state index contributed by atoms with van der Waals surface area (Å²) in [7, 11) is 0. The molecular weight excluding hydrogens is 440 g/mol. The summed E-state index contributed by atoms with van der Waals surface area (Å²) in [6.45, 7) is 5.69. The Balaban J connectivity index is 1.44. The van der Waals surface area contributed by atoms with Crippen molar-refractivity contribution in [3.8, 4) is 11.6 Å². The standard InChI is InChI=1S/C19H25BrN6O3/c1-19(2,3)29-18(27)26-11-4-5-12(26)7-13(6-11)25-10-14(8-23-25)28-17-16(21)22-9-15(20)24-17/h8-13H,4-7H2,1-3H3,(H2,21,22)/t11-,12+,13?. The third-order valence-electron chi connectivity index (χ3n) is 5.22. The van der Waals surface area contributed by atoms with Crippen LogP contribution in [0.15, 0.2) is 23.2 Å². The molecule has 0 saturated carbocycles. The van der Waals surface area contributed by atoms with E-state index in [2.05, 4.69) is 31.0 Å². The van der Waals surface area contributed by atoms with E-state index >= 15 is 0 Å². The van der Waals surface area contributed by atoms with Crippen LogP contribution in [0, 0.1) is 0 Å². The second kappa shape index (κ2) is 7.47. The molecule has 0 aliphatic carbocycles. The number of aromatic nitrogens is 4. The molecule has 29 heavy (non-hydrogen) atoms. The number of carbonyl (C=O) groups excluding carboxylic acids is 1. The number of anilines is 1. The number of halogens is 1. The third-order valence-corrected chi connectivity index (χ3v) is 5.60. The van der Waals surface area contributed by atoms with Crippen molar-refractivity contribution in [3.63, 3.8) is 0 Å². The maximum atomic E-state index is 12.6. The van der Waals surface area contributed by atoms with E-state index in [4.69, 9.17) is 15.2 Å². The Morgan fingerprint density at radius 2 is 1.90 bits per heavy atom. The maximum absolute atomic E-state index is 12.6. The number of nitrogens with two attached hydrogens (primary N) is 1. The second-order valence-electron chi connectivity index (χ2n) is 8.54. The SMILES string of the molecule is CC(C)(C)OC(=O)N1[C@@H]2CC[C@H]1CC(n1cc(Oc3nc(Br)cnc3N)cn1)C2. The van der Waals surface area contributed by atoms with Gasteiger partial charge in [0.2, 0.25) is 0 Å². The van der Waals surface area contributed by atoms with E-state index < -0.39 is 5.60 Å². The fraction of sp³-hybridized carbons (Fsp3) is 0.579. The molecule has 2 aliphatic rings. The van der Waals surface area contributed by atoms with Crippen LogP contribution in [-0.4, -0.2) is 48.4 Å². The third kappa shape index (κ3) is 4.31. The number of fused-ring (bicyclic) bond motifs is 2. The highest BCUT2D eigenvalue weighted by molar-refractivity contribution is 9.10. The number of carbonyl (C=O) groups is 1. The predicted molar refractivity (Wildman–Crippen MR) is 110 cm³/mol. The highest BCUT2D eigenvalue weighted by atomic mass is 79.9. The summed E-state index contributed by atoms with van der Waals surface area (Å²) in [6, 6.07) is 0.553. The molecule has 0 spiro atoms. The lowest BCUT2D eigenvalue weighted by Crippen LogP contribution is -2.48. The molecule has 2 fully saturated rings. The van der Waals surface area contributed by atoms with Crippen LogP contribution in [0.4, 0.5) is 10.6 Å². The largest absolute Gasteiger partial charge is 0.444 e. The van der Waals surface area contributed by atoms with Gasteiger partial charge in [-0.1, -0.05) is 0 Å². The van der Waals surface area contributed by atoms with Gasteiger partial charge in [0.15, 0.2) is 11.6 Å². The molecule has 2 aromatic heterocycles. The van der Waals surface area contributed by atoms with Crippen LogP contribution in [0.2, 0.25) is 0 Å². The molecule has 2 aliphatic heterocycles. The molecule has 3 atom stereocenters. The number of rotatable bonds is 3. The Morgan fingerprint density at radius 3 is 2.55 bits per heavy atom. The molecule has 4 heterocycles. The van der Waals surface area contributed by atoms with Gasteiger partial charge in [0.05, 0.1) is 24.6 Å². The number of nitrogen functional groups attached to an aromatic ring is 1. The van der Waals surface area contributed by atoms with Gasteiger partial charge in [0.25, 0.3) is 5.88 Å². The van der Waals surface area contributed by atoms with E-state index in [-0.39, 0.29) is 35.9 Å². The predicted octanol–water partition coefficient (Wildman–Crippen LogP) is 3.91. The fourth-order valence-corrected chi connectivity index (χ4v) is 4.36. The monoisotopic (exact) mass is 464 g/mol. The zero-order chi connectivity index (χ0) is 20.8. The first-order valence-electron chi connectivity index (χ1n) is 9.71. The molecule has 9 nitrogen and oxygen atoms in total. The van der Waals surface area contributed by atoms with Crippen LogP contribution in [0.25, 0.3) is 0 Å². The Hall–Kier alpha value is -2.36. The number of piperidine rings is 1. The quantitative estimate of drug-likeness (QED) is 0.732. The lowest BCUT2D eigenvalue weighted by atomic mass is 9.98. The molecule has 2 bridgehead atoms. The Kier molecular flexibility index (Phi) is 5.14. The average Bonchev–Trinajstić information content (AvgIpc) is 3.19. The minimum absolute atomic E-state index is 0.175. The molecule has 2 aromatic rings. The number of nitrogens with zero attached hydrogens (tertiary/aromatic N) is 5. The molecule has 4 rings (SSSR count). The van der Waals surface area contributed by atoms with Gasteiger partial charge in [-0.2, -0.15) is 5.10 Å². The number of amides is 1. The van der Waals surface area contributed by atoms with Crippen LogP contribution < -0.4 is 10.5 Å². The van der Waals surface area contributed by atoms with Gasteiger partial charge < -0.3 is 20.1 Å². The number of ether oxygens (including phenoxy) is 2. The summed E-state index contributed by atoms with van der Waals surface area (Å²) in [4.78, 5) is 22.8. The zero-order valence-corrected chi connectivity index (χ0v) is 18.3. The van der Waals surface area contributed by atoms with Crippen molar-refractivity contribution in [1.82, 2.24) is 24.6 Å². The topological polar surface area (TPSA) is 108 Å². The molecule has 2 saturated heterocycles. The first-order valence-corrected chi connectivity index (χ1v) is 10.5. The molecule has 2 N–H and O–H groups in total. The molecule has 1 unspecified atom stereocenters.